The van der Waals surface area contributed by atoms with Crippen LogP contribution in [0.25, 0.3) is 11.1 Å². The van der Waals surface area contributed by atoms with E-state index in [1.165, 1.54) is 19.3 Å². The van der Waals surface area contributed by atoms with E-state index in [-0.39, 0.29) is 31.0 Å². The molecule has 4 N–H and O–H groups in total. The first-order valence-corrected chi connectivity index (χ1v) is 18.9. The van der Waals surface area contributed by atoms with E-state index in [9.17, 15) is 19.8 Å². The number of hydrogen-bond donors (Lipinski definition) is 4. The van der Waals surface area contributed by atoms with Crippen LogP contribution in [0.3, 0.4) is 0 Å². The second kappa shape index (κ2) is 15.4. The number of carbonyl (C=O) groups excluding carboxylic acids is 2. The quantitative estimate of drug-likeness (QED) is 0.246. The minimum Gasteiger partial charge on any atom is -0.496 e. The molecule has 7 rings (SSSR count). The fraction of sp³-hybridized carbons (Fsp3) is 0.650. The highest BCUT2D eigenvalue weighted by molar-refractivity contribution is 5.97. The Bertz CT molecular complexity index is 1560. The Morgan fingerprint density at radius 2 is 1.88 bits per heavy atom. The van der Waals surface area contributed by atoms with Crippen molar-refractivity contribution in [2.24, 2.45) is 29.1 Å². The fourth-order valence-corrected chi connectivity index (χ4v) is 9.42. The van der Waals surface area contributed by atoms with Gasteiger partial charge in [-0.25, -0.2) is 0 Å². The highest BCUT2D eigenvalue weighted by Gasteiger charge is 2.57. The molecule has 3 aliphatic carbocycles. The van der Waals surface area contributed by atoms with Gasteiger partial charge in [0.15, 0.2) is 0 Å². The predicted molar refractivity (Wildman–Crippen MR) is 198 cm³/mol. The van der Waals surface area contributed by atoms with Crippen LogP contribution in [0.1, 0.15) is 69.3 Å². The number of nitrogens with zero attached hydrogens (tertiary/aromatic N) is 3. The summed E-state index contributed by atoms with van der Waals surface area (Å²) in [6, 6.07) is 10.9. The van der Waals surface area contributed by atoms with Gasteiger partial charge in [-0.2, -0.15) is 5.06 Å². The molecule has 8 atom stereocenters. The number of methoxy groups -OCH3 is 1. The maximum atomic E-state index is 14.2. The van der Waals surface area contributed by atoms with E-state index >= 15 is 0 Å². The van der Waals surface area contributed by atoms with E-state index in [2.05, 4.69) is 36.3 Å². The summed E-state index contributed by atoms with van der Waals surface area (Å²) in [7, 11) is 5.52. The molecule has 0 spiro atoms. The van der Waals surface area contributed by atoms with Crippen LogP contribution in [-0.4, -0.2) is 110 Å². The number of anilines is 1. The van der Waals surface area contributed by atoms with Crippen LogP contribution < -0.4 is 20.3 Å². The van der Waals surface area contributed by atoms with Gasteiger partial charge >= 0.3 is 0 Å². The molecule has 2 saturated heterocycles. The molecule has 2 aromatic rings. The lowest BCUT2D eigenvalue weighted by atomic mass is 9.45. The number of ether oxygens (including phenoxy) is 1. The Balaban J connectivity index is 1.25. The van der Waals surface area contributed by atoms with Crippen molar-refractivity contribution in [3.63, 3.8) is 0 Å². The number of para-hydroxylation sites is 1. The molecule has 0 aromatic heterocycles. The molecule has 5 fully saturated rings. The third kappa shape index (κ3) is 7.51. The largest absolute Gasteiger partial charge is 0.496 e. The zero-order valence-electron chi connectivity index (χ0n) is 31.5. The number of hydrogen-bond acceptors (Lipinski definition) is 9. The Kier molecular flexibility index (Phi) is 11.3. The first-order chi connectivity index (χ1) is 24.3. The first-order valence-electron chi connectivity index (χ1n) is 18.9. The average molecular weight is 706 g/mol. The molecule has 3 saturated carbocycles. The molecular weight excluding hydrogens is 646 g/mol. The summed E-state index contributed by atoms with van der Waals surface area (Å²) in [5.74, 6) is 1.14. The van der Waals surface area contributed by atoms with Gasteiger partial charge in [0.2, 0.25) is 5.91 Å². The monoisotopic (exact) mass is 705 g/mol. The number of carbonyl (C=O) groups is 2. The van der Waals surface area contributed by atoms with Crippen LogP contribution in [0, 0.1) is 29.1 Å². The van der Waals surface area contributed by atoms with Crippen LogP contribution in [-0.2, 0) is 16.2 Å². The van der Waals surface area contributed by atoms with Crippen LogP contribution >= 0.6 is 0 Å². The van der Waals surface area contributed by atoms with E-state index in [0.29, 0.717) is 41.0 Å². The minimum atomic E-state index is -0.888. The lowest BCUT2D eigenvalue weighted by Gasteiger charge is -2.62. The Morgan fingerprint density at radius 3 is 2.51 bits per heavy atom. The van der Waals surface area contributed by atoms with E-state index in [1.54, 1.807) is 19.1 Å². The maximum absolute atomic E-state index is 14.2. The normalized spacial score (nSPS) is 29.3. The summed E-state index contributed by atoms with van der Waals surface area (Å²) in [5.41, 5.74) is 4.13. The zero-order chi connectivity index (χ0) is 36.6. The molecule has 2 bridgehead atoms. The molecule has 2 aliphatic heterocycles. The highest BCUT2D eigenvalue weighted by atomic mass is 16.7. The summed E-state index contributed by atoms with van der Waals surface area (Å²) in [5, 5.41) is 29.3. The number of likely N-dealkylation sites (tertiary alicyclic amines) is 1. The second-order valence-corrected chi connectivity index (χ2v) is 16.2. The number of amides is 2. The minimum absolute atomic E-state index is 0.0485. The van der Waals surface area contributed by atoms with Gasteiger partial charge in [-0.15, -0.1) is 0 Å². The fourth-order valence-electron chi connectivity index (χ4n) is 9.42. The third-order valence-corrected chi connectivity index (χ3v) is 12.6. The number of nitrogens with one attached hydrogen (secondary N) is 2. The van der Waals surface area contributed by atoms with Gasteiger partial charge in [-0.3, -0.25) is 14.4 Å². The van der Waals surface area contributed by atoms with Crippen molar-refractivity contribution < 1.29 is 29.4 Å². The van der Waals surface area contributed by atoms with Crippen molar-refractivity contribution in [3.05, 3.63) is 47.5 Å². The summed E-state index contributed by atoms with van der Waals surface area (Å²) in [6.07, 6.45) is 2.94. The Labute approximate surface area is 303 Å². The van der Waals surface area contributed by atoms with E-state index in [0.717, 1.165) is 48.4 Å². The number of rotatable bonds is 13. The van der Waals surface area contributed by atoms with Crippen molar-refractivity contribution in [2.45, 2.75) is 84.2 Å². The van der Waals surface area contributed by atoms with Gasteiger partial charge in [-0.05, 0) is 92.6 Å². The molecule has 2 amide bonds. The summed E-state index contributed by atoms with van der Waals surface area (Å²) >= 11 is 0. The molecule has 1 unspecified atom stereocenters. The van der Waals surface area contributed by atoms with Gasteiger partial charge in [0.25, 0.3) is 5.91 Å². The number of aliphatic hydroxyl groups is 2. The second-order valence-electron chi connectivity index (χ2n) is 16.2. The molecular formula is C40H59N5O6. The van der Waals surface area contributed by atoms with E-state index in [4.69, 9.17) is 9.57 Å². The molecule has 5 aliphatic rings. The van der Waals surface area contributed by atoms with Crippen LogP contribution in [0.2, 0.25) is 0 Å². The zero-order valence-corrected chi connectivity index (χ0v) is 31.5. The van der Waals surface area contributed by atoms with Crippen molar-refractivity contribution in [3.8, 4) is 16.9 Å². The van der Waals surface area contributed by atoms with Crippen molar-refractivity contribution >= 4 is 17.5 Å². The number of aliphatic hydroxyl groups excluding tert-OH is 2. The molecule has 2 aromatic carbocycles. The lowest BCUT2D eigenvalue weighted by molar-refractivity contribution is -0.183. The van der Waals surface area contributed by atoms with E-state index in [1.807, 2.05) is 55.4 Å². The van der Waals surface area contributed by atoms with Crippen LogP contribution in [0.4, 0.5) is 5.69 Å². The van der Waals surface area contributed by atoms with Gasteiger partial charge in [0.1, 0.15) is 17.9 Å². The smallest absolute Gasteiger partial charge is 0.251 e. The van der Waals surface area contributed by atoms with Crippen molar-refractivity contribution in [1.82, 2.24) is 20.6 Å². The maximum Gasteiger partial charge on any atom is 0.251 e. The van der Waals surface area contributed by atoms with Gasteiger partial charge in [0.05, 0.1) is 26.4 Å². The van der Waals surface area contributed by atoms with Gasteiger partial charge in [0, 0.05) is 61.5 Å². The first kappa shape index (κ1) is 37.5. The SMILES string of the molecule is COc1c(CN2O[C@@H](CO)[C@@H]([C@H](C)O)[C@H]2C(=O)N[C@H]2CC3C[C@@H]([C@@H]2C)C3(C)C)cccc1-c1cc(C(=O)NCCN2CCCC2)cc(N(C)C)c1. The topological polar surface area (TPSA) is 127 Å². The number of fused-ring (bicyclic) bond motifs is 2. The number of benzene rings is 2. The molecule has 280 valence electrons. The third-order valence-electron chi connectivity index (χ3n) is 12.6. The van der Waals surface area contributed by atoms with Crippen LogP contribution in [0.15, 0.2) is 36.4 Å². The molecule has 2 heterocycles. The lowest BCUT2D eigenvalue weighted by Crippen LogP contribution is -2.62. The molecule has 51 heavy (non-hydrogen) atoms. The predicted octanol–water partition coefficient (Wildman–Crippen LogP) is 3.91. The number of hydroxylamine groups is 2. The summed E-state index contributed by atoms with van der Waals surface area (Å²) in [4.78, 5) is 38.2. The van der Waals surface area contributed by atoms with Gasteiger partial charge in [-0.1, -0.05) is 39.0 Å². The summed E-state index contributed by atoms with van der Waals surface area (Å²) in [6.45, 7) is 12.0. The van der Waals surface area contributed by atoms with E-state index < -0.39 is 24.2 Å². The van der Waals surface area contributed by atoms with Crippen molar-refractivity contribution in [2.75, 3.05) is 58.9 Å². The van der Waals surface area contributed by atoms with Crippen LogP contribution in [0.5, 0.6) is 5.75 Å². The molecule has 0 radical (unpaired) electrons. The van der Waals surface area contributed by atoms with Crippen molar-refractivity contribution in [1.29, 1.82) is 0 Å². The molecule has 11 nitrogen and oxygen atoms in total. The van der Waals surface area contributed by atoms with Gasteiger partial charge < -0.3 is 35.4 Å². The Morgan fingerprint density at radius 1 is 1.14 bits per heavy atom. The average Bonchev–Trinajstić information content (AvgIpc) is 3.76. The summed E-state index contributed by atoms with van der Waals surface area (Å²) < 4.78 is 6.06. The standard InChI is InChI=1S/C40H59N5O6/c1-24-32-20-29(40(32,3)4)21-33(24)42-39(49)36-35(25(2)47)34(23-46)51-45(36)22-26-11-10-12-31(37(26)50-7)27-17-28(19-30(18-27)43(5)6)38(48)41-13-16-44-14-8-9-15-44/h10-12,17-19,24-25,29,32-36,46-47H,8-9,13-16,20-23H2,1-7H3,(H,41,48)(H,42,49)/t24-,25-,29?,32-,33-,34-,35+,36-/m0/s1. The Hall–Kier alpha value is -3.22. The highest BCUT2D eigenvalue weighted by Crippen LogP contribution is 2.61. The molecule has 11 heteroatoms.